The highest BCUT2D eigenvalue weighted by Gasteiger charge is 2.14. The van der Waals surface area contributed by atoms with Gasteiger partial charge in [-0.3, -0.25) is 4.68 Å². The summed E-state index contributed by atoms with van der Waals surface area (Å²) in [6.45, 7) is 3.99. The van der Waals surface area contributed by atoms with E-state index in [0.29, 0.717) is 16.9 Å². The second kappa shape index (κ2) is 4.49. The van der Waals surface area contributed by atoms with Crippen molar-refractivity contribution in [1.82, 2.24) is 9.78 Å². The Morgan fingerprint density at radius 2 is 2.12 bits per heavy atom. The first-order valence-electron chi connectivity index (χ1n) is 5.29. The normalized spacial score (nSPS) is 11.1. The fourth-order valence-corrected chi connectivity index (χ4v) is 1.92. The molecule has 2 aromatic rings. The molecule has 17 heavy (non-hydrogen) atoms. The molecule has 0 aliphatic carbocycles. The van der Waals surface area contributed by atoms with Crippen molar-refractivity contribution >= 4 is 21.6 Å². The SMILES string of the molecule is CC(C)n1cc(N)c(-c2cc(Br)ccc2F)n1. The predicted octanol–water partition coefficient (Wildman–Crippen LogP) is 3.61. The van der Waals surface area contributed by atoms with Crippen molar-refractivity contribution in [3.8, 4) is 11.3 Å². The molecule has 3 nitrogen and oxygen atoms in total. The van der Waals surface area contributed by atoms with Crippen molar-refractivity contribution < 1.29 is 4.39 Å². The Balaban J connectivity index is 2.56. The van der Waals surface area contributed by atoms with Crippen molar-refractivity contribution in [2.24, 2.45) is 0 Å². The number of rotatable bonds is 2. The van der Waals surface area contributed by atoms with Crippen molar-refractivity contribution in [2.45, 2.75) is 19.9 Å². The van der Waals surface area contributed by atoms with Gasteiger partial charge in [0.25, 0.3) is 0 Å². The number of nitrogen functional groups attached to an aromatic ring is 1. The van der Waals surface area contributed by atoms with Gasteiger partial charge < -0.3 is 5.73 Å². The minimum absolute atomic E-state index is 0.196. The summed E-state index contributed by atoms with van der Waals surface area (Å²) in [5.41, 5.74) is 7.24. The summed E-state index contributed by atoms with van der Waals surface area (Å²) in [6, 6.07) is 4.92. The van der Waals surface area contributed by atoms with E-state index >= 15 is 0 Å². The van der Waals surface area contributed by atoms with Gasteiger partial charge in [0.15, 0.2) is 0 Å². The molecule has 0 atom stereocenters. The third-order valence-corrected chi connectivity index (χ3v) is 2.97. The zero-order valence-electron chi connectivity index (χ0n) is 9.61. The summed E-state index contributed by atoms with van der Waals surface area (Å²) >= 11 is 3.31. The maximum absolute atomic E-state index is 13.7. The molecule has 0 bridgehead atoms. The molecular weight excluding hydrogens is 285 g/mol. The van der Waals surface area contributed by atoms with Gasteiger partial charge in [-0.25, -0.2) is 4.39 Å². The number of benzene rings is 1. The van der Waals surface area contributed by atoms with Gasteiger partial charge in [0.1, 0.15) is 11.5 Å². The maximum atomic E-state index is 13.7. The molecule has 0 unspecified atom stereocenters. The lowest BCUT2D eigenvalue weighted by molar-refractivity contribution is 0.533. The highest BCUT2D eigenvalue weighted by Crippen LogP contribution is 2.29. The topological polar surface area (TPSA) is 43.8 Å². The minimum Gasteiger partial charge on any atom is -0.396 e. The number of anilines is 1. The molecule has 0 spiro atoms. The second-order valence-electron chi connectivity index (χ2n) is 4.13. The van der Waals surface area contributed by atoms with Crippen LogP contribution in [0.5, 0.6) is 0 Å². The third-order valence-electron chi connectivity index (χ3n) is 2.47. The molecule has 0 aliphatic rings. The summed E-state index contributed by atoms with van der Waals surface area (Å²) in [6.07, 6.45) is 1.72. The Hall–Kier alpha value is -1.36. The van der Waals surface area contributed by atoms with Crippen molar-refractivity contribution in [3.05, 3.63) is 34.7 Å². The minimum atomic E-state index is -0.325. The van der Waals surface area contributed by atoms with E-state index in [0.717, 1.165) is 4.47 Å². The Morgan fingerprint density at radius 3 is 2.71 bits per heavy atom. The molecule has 0 amide bonds. The third kappa shape index (κ3) is 2.34. The molecule has 1 aromatic carbocycles. The molecule has 0 radical (unpaired) electrons. The number of hydrogen-bond donors (Lipinski definition) is 1. The lowest BCUT2D eigenvalue weighted by Gasteiger charge is -2.04. The van der Waals surface area contributed by atoms with Gasteiger partial charge >= 0.3 is 0 Å². The van der Waals surface area contributed by atoms with Crippen LogP contribution in [0.1, 0.15) is 19.9 Å². The Morgan fingerprint density at radius 1 is 1.41 bits per heavy atom. The van der Waals surface area contributed by atoms with Crippen molar-refractivity contribution in [1.29, 1.82) is 0 Å². The maximum Gasteiger partial charge on any atom is 0.132 e. The van der Waals surface area contributed by atoms with Gasteiger partial charge in [0.05, 0.1) is 5.69 Å². The highest BCUT2D eigenvalue weighted by atomic mass is 79.9. The van der Waals surface area contributed by atoms with E-state index < -0.39 is 0 Å². The lowest BCUT2D eigenvalue weighted by Crippen LogP contribution is -2.01. The average molecular weight is 298 g/mol. The summed E-state index contributed by atoms with van der Waals surface area (Å²) in [5.74, 6) is -0.325. The second-order valence-corrected chi connectivity index (χ2v) is 5.05. The first kappa shape index (κ1) is 12.1. The van der Waals surface area contributed by atoms with Crippen LogP contribution in [-0.4, -0.2) is 9.78 Å². The van der Waals surface area contributed by atoms with E-state index in [1.165, 1.54) is 6.07 Å². The monoisotopic (exact) mass is 297 g/mol. The van der Waals surface area contributed by atoms with Crippen LogP contribution < -0.4 is 5.73 Å². The molecule has 5 heteroatoms. The number of aromatic nitrogens is 2. The molecule has 2 rings (SSSR count). The van der Waals surface area contributed by atoms with Crippen LogP contribution >= 0.6 is 15.9 Å². The Kier molecular flexibility index (Phi) is 3.19. The van der Waals surface area contributed by atoms with E-state index in [2.05, 4.69) is 21.0 Å². The van der Waals surface area contributed by atoms with E-state index in [9.17, 15) is 4.39 Å². The van der Waals surface area contributed by atoms with E-state index in [-0.39, 0.29) is 11.9 Å². The van der Waals surface area contributed by atoms with Gasteiger partial charge in [-0.05, 0) is 32.0 Å². The van der Waals surface area contributed by atoms with Crippen LogP contribution in [0.15, 0.2) is 28.9 Å². The van der Waals surface area contributed by atoms with Crippen molar-refractivity contribution in [2.75, 3.05) is 5.73 Å². The molecule has 0 fully saturated rings. The predicted molar refractivity (Wildman–Crippen MR) is 70.1 cm³/mol. The fraction of sp³-hybridized carbons (Fsp3) is 0.250. The smallest absolute Gasteiger partial charge is 0.132 e. The van der Waals surface area contributed by atoms with Gasteiger partial charge in [-0.2, -0.15) is 5.10 Å². The summed E-state index contributed by atoms with van der Waals surface area (Å²) in [4.78, 5) is 0. The van der Waals surface area contributed by atoms with Crippen LogP contribution in [0.25, 0.3) is 11.3 Å². The lowest BCUT2D eigenvalue weighted by atomic mass is 10.1. The van der Waals surface area contributed by atoms with Crippen molar-refractivity contribution in [3.63, 3.8) is 0 Å². The van der Waals surface area contributed by atoms with E-state index in [4.69, 9.17) is 5.73 Å². The summed E-state index contributed by atoms with van der Waals surface area (Å²) in [5, 5.41) is 4.31. The molecule has 90 valence electrons. The molecule has 0 saturated heterocycles. The molecule has 1 heterocycles. The number of halogens is 2. The van der Waals surface area contributed by atoms with E-state index in [1.54, 1.807) is 23.0 Å². The van der Waals surface area contributed by atoms with Crippen LogP contribution in [0, 0.1) is 5.82 Å². The number of nitrogens with two attached hydrogens (primary N) is 1. The summed E-state index contributed by atoms with van der Waals surface area (Å²) in [7, 11) is 0. The largest absolute Gasteiger partial charge is 0.396 e. The number of nitrogens with zero attached hydrogens (tertiary/aromatic N) is 2. The van der Waals surface area contributed by atoms with Gasteiger partial charge in [0, 0.05) is 22.3 Å². The molecule has 0 saturated carbocycles. The van der Waals surface area contributed by atoms with Crippen LogP contribution in [0.2, 0.25) is 0 Å². The quantitative estimate of drug-likeness (QED) is 0.920. The van der Waals surface area contributed by atoms with Crippen LogP contribution in [-0.2, 0) is 0 Å². The van der Waals surface area contributed by atoms with Gasteiger partial charge in [0.2, 0.25) is 0 Å². The zero-order valence-corrected chi connectivity index (χ0v) is 11.2. The molecule has 1 aromatic heterocycles. The highest BCUT2D eigenvalue weighted by molar-refractivity contribution is 9.10. The Labute approximate surface area is 108 Å². The Bertz CT molecular complexity index is 549. The van der Waals surface area contributed by atoms with Crippen LogP contribution in [0.3, 0.4) is 0 Å². The first-order chi connectivity index (χ1) is 7.99. The zero-order chi connectivity index (χ0) is 12.6. The number of hydrogen-bond acceptors (Lipinski definition) is 2. The fourth-order valence-electron chi connectivity index (χ4n) is 1.56. The summed E-state index contributed by atoms with van der Waals surface area (Å²) < 4.78 is 16.2. The van der Waals surface area contributed by atoms with Gasteiger partial charge in [-0.15, -0.1) is 0 Å². The average Bonchev–Trinajstić information content (AvgIpc) is 2.64. The standard InChI is InChI=1S/C12H13BrFN3/c1-7(2)17-6-11(15)12(16-17)9-5-8(13)3-4-10(9)14/h3-7H,15H2,1-2H3. The first-order valence-corrected chi connectivity index (χ1v) is 6.08. The molecule has 2 N–H and O–H groups in total. The van der Waals surface area contributed by atoms with Crippen LogP contribution in [0.4, 0.5) is 10.1 Å². The van der Waals surface area contributed by atoms with Gasteiger partial charge in [-0.1, -0.05) is 15.9 Å². The van der Waals surface area contributed by atoms with E-state index in [1.807, 2.05) is 13.8 Å². The molecular formula is C12H13BrFN3. The molecule has 0 aliphatic heterocycles.